The van der Waals surface area contributed by atoms with Crippen molar-refractivity contribution in [2.75, 3.05) is 11.9 Å². The normalized spacial score (nSPS) is 14.0. The zero-order valence-corrected chi connectivity index (χ0v) is 11.1. The van der Waals surface area contributed by atoms with Gasteiger partial charge in [-0.15, -0.1) is 11.3 Å². The van der Waals surface area contributed by atoms with Gasteiger partial charge >= 0.3 is 0 Å². The van der Waals surface area contributed by atoms with Crippen LogP contribution < -0.4 is 10.6 Å². The molecule has 1 aliphatic heterocycles. The number of hydrogen-bond donors (Lipinski definition) is 2. The van der Waals surface area contributed by atoms with Crippen LogP contribution in [0.25, 0.3) is 0 Å². The van der Waals surface area contributed by atoms with Crippen LogP contribution in [0.5, 0.6) is 0 Å². The van der Waals surface area contributed by atoms with Crippen LogP contribution in [0.2, 0.25) is 0 Å². The second-order valence-corrected chi connectivity index (χ2v) is 5.52. The molecule has 0 radical (unpaired) electrons. The van der Waals surface area contributed by atoms with E-state index in [1.54, 1.807) is 11.3 Å². The highest BCUT2D eigenvalue weighted by atomic mass is 32.1. The van der Waals surface area contributed by atoms with Crippen molar-refractivity contribution >= 4 is 17.0 Å². The molecule has 0 fully saturated rings. The summed E-state index contributed by atoms with van der Waals surface area (Å²) >= 11 is 1.70. The molecule has 0 atom stereocenters. The van der Waals surface area contributed by atoms with E-state index >= 15 is 0 Å². The van der Waals surface area contributed by atoms with Crippen LogP contribution in [0.4, 0.5) is 5.69 Å². The van der Waals surface area contributed by atoms with Crippen LogP contribution >= 0.6 is 11.3 Å². The topological polar surface area (TPSA) is 37.0 Å². The maximum atomic E-state index is 4.08. The van der Waals surface area contributed by atoms with Crippen molar-refractivity contribution in [1.82, 2.24) is 10.3 Å². The largest absolute Gasteiger partial charge is 0.385 e. The van der Waals surface area contributed by atoms with E-state index in [0.29, 0.717) is 0 Å². The number of aromatic nitrogens is 1. The molecule has 3 rings (SSSR count). The van der Waals surface area contributed by atoms with Crippen LogP contribution in [0.1, 0.15) is 22.4 Å². The van der Waals surface area contributed by atoms with Gasteiger partial charge in [0.15, 0.2) is 0 Å². The predicted octanol–water partition coefficient (Wildman–Crippen LogP) is 2.79. The third-order valence-electron chi connectivity index (χ3n) is 3.26. The quantitative estimate of drug-likeness (QED) is 0.886. The fourth-order valence-corrected chi connectivity index (χ4v) is 2.94. The van der Waals surface area contributed by atoms with Crippen molar-refractivity contribution in [3.05, 3.63) is 45.9 Å². The molecule has 94 valence electrons. The minimum atomic E-state index is 0.897. The minimum Gasteiger partial charge on any atom is -0.385 e. The monoisotopic (exact) mass is 259 g/mol. The highest BCUT2D eigenvalue weighted by Crippen LogP contribution is 2.25. The van der Waals surface area contributed by atoms with Crippen LogP contribution in [0.15, 0.2) is 29.9 Å². The third-order valence-corrected chi connectivity index (χ3v) is 4.04. The first-order valence-corrected chi connectivity index (χ1v) is 7.24. The van der Waals surface area contributed by atoms with Gasteiger partial charge in [-0.05, 0) is 24.0 Å². The minimum absolute atomic E-state index is 0.897. The highest BCUT2D eigenvalue weighted by Gasteiger charge is 2.11. The molecule has 0 saturated carbocycles. The molecule has 4 heteroatoms. The lowest BCUT2D eigenvalue weighted by Crippen LogP contribution is -2.18. The summed E-state index contributed by atoms with van der Waals surface area (Å²) in [6.45, 7) is 2.90. The number of rotatable bonds is 4. The second-order valence-electron chi connectivity index (χ2n) is 4.55. The number of nitrogens with one attached hydrogen (secondary N) is 2. The van der Waals surface area contributed by atoms with E-state index < -0.39 is 0 Å². The Balaban J connectivity index is 1.65. The van der Waals surface area contributed by atoms with Crippen molar-refractivity contribution in [2.45, 2.75) is 25.9 Å². The van der Waals surface area contributed by atoms with E-state index in [4.69, 9.17) is 0 Å². The summed E-state index contributed by atoms with van der Waals surface area (Å²) in [5.74, 6) is 0. The first-order valence-electron chi connectivity index (χ1n) is 6.36. The van der Waals surface area contributed by atoms with Gasteiger partial charge in [0, 0.05) is 36.4 Å². The summed E-state index contributed by atoms with van der Waals surface area (Å²) in [6, 6.07) is 6.60. The number of nitrogens with zero attached hydrogens (tertiary/aromatic N) is 1. The number of hydrogen-bond acceptors (Lipinski definition) is 4. The second kappa shape index (κ2) is 5.50. The number of thiazole rings is 1. The first kappa shape index (κ1) is 11.7. The molecule has 18 heavy (non-hydrogen) atoms. The van der Waals surface area contributed by atoms with Gasteiger partial charge in [0.2, 0.25) is 0 Å². The van der Waals surface area contributed by atoms with Gasteiger partial charge in [-0.25, -0.2) is 0 Å². The molecule has 0 amide bonds. The summed E-state index contributed by atoms with van der Waals surface area (Å²) in [5, 5.41) is 7.01. The number of aryl methyl sites for hydroxylation is 1. The lowest BCUT2D eigenvalue weighted by molar-refractivity contribution is 0.696. The van der Waals surface area contributed by atoms with Gasteiger partial charge in [0.1, 0.15) is 0 Å². The lowest BCUT2D eigenvalue weighted by Gasteiger charge is -2.21. The molecule has 2 N–H and O–H groups in total. The Morgan fingerprint density at radius 2 is 2.33 bits per heavy atom. The summed E-state index contributed by atoms with van der Waals surface area (Å²) in [6.07, 6.45) is 4.37. The van der Waals surface area contributed by atoms with Crippen LogP contribution in [-0.4, -0.2) is 11.5 Å². The summed E-state index contributed by atoms with van der Waals surface area (Å²) < 4.78 is 0. The molecule has 1 aromatic carbocycles. The number of para-hydroxylation sites is 1. The summed E-state index contributed by atoms with van der Waals surface area (Å²) in [5.41, 5.74) is 6.05. The highest BCUT2D eigenvalue weighted by molar-refractivity contribution is 7.09. The third kappa shape index (κ3) is 2.54. The van der Waals surface area contributed by atoms with Crippen molar-refractivity contribution in [1.29, 1.82) is 0 Å². The molecule has 2 heterocycles. The maximum Gasteiger partial charge on any atom is 0.0794 e. The number of fused-ring (bicyclic) bond motifs is 1. The molecule has 0 aliphatic carbocycles. The van der Waals surface area contributed by atoms with E-state index in [1.165, 1.54) is 34.5 Å². The fraction of sp³-hybridized carbons (Fsp3) is 0.357. The first-order chi connectivity index (χ1) is 8.93. The maximum absolute atomic E-state index is 4.08. The van der Waals surface area contributed by atoms with E-state index in [1.807, 2.05) is 11.7 Å². The molecule has 0 bridgehead atoms. The van der Waals surface area contributed by atoms with Gasteiger partial charge < -0.3 is 10.6 Å². The van der Waals surface area contributed by atoms with Gasteiger partial charge in [0.05, 0.1) is 5.51 Å². The zero-order chi connectivity index (χ0) is 12.2. The predicted molar refractivity (Wildman–Crippen MR) is 75.9 cm³/mol. The van der Waals surface area contributed by atoms with E-state index in [-0.39, 0.29) is 0 Å². The average Bonchev–Trinajstić information content (AvgIpc) is 2.92. The fourth-order valence-electron chi connectivity index (χ4n) is 2.38. The molecule has 0 saturated heterocycles. The lowest BCUT2D eigenvalue weighted by atomic mass is 9.99. The Bertz CT molecular complexity index is 508. The molecular weight excluding hydrogens is 242 g/mol. The van der Waals surface area contributed by atoms with E-state index in [2.05, 4.69) is 33.8 Å². The standard InChI is InChI=1S/C14H17N3S/c1-3-11-5-2-6-17-14(11)12(4-1)7-15-8-13-9-16-10-18-13/h1,3-4,9-10,15,17H,2,5-8H2. The van der Waals surface area contributed by atoms with E-state index in [9.17, 15) is 0 Å². The Hall–Kier alpha value is -1.39. The van der Waals surface area contributed by atoms with Crippen molar-refractivity contribution in [3.8, 4) is 0 Å². The Kier molecular flexibility index (Phi) is 3.57. The van der Waals surface area contributed by atoms with Crippen molar-refractivity contribution in [2.24, 2.45) is 0 Å². The summed E-state index contributed by atoms with van der Waals surface area (Å²) in [4.78, 5) is 5.37. The molecule has 1 aromatic heterocycles. The zero-order valence-electron chi connectivity index (χ0n) is 10.3. The van der Waals surface area contributed by atoms with Gasteiger partial charge in [-0.2, -0.15) is 0 Å². The van der Waals surface area contributed by atoms with Crippen LogP contribution in [-0.2, 0) is 19.5 Å². The summed E-state index contributed by atoms with van der Waals surface area (Å²) in [7, 11) is 0. The Labute approximate surface area is 111 Å². The van der Waals surface area contributed by atoms with Gasteiger partial charge in [0.25, 0.3) is 0 Å². The molecule has 0 spiro atoms. The van der Waals surface area contributed by atoms with Crippen molar-refractivity contribution < 1.29 is 0 Å². The van der Waals surface area contributed by atoms with Crippen LogP contribution in [0.3, 0.4) is 0 Å². The van der Waals surface area contributed by atoms with Crippen molar-refractivity contribution in [3.63, 3.8) is 0 Å². The Morgan fingerprint density at radius 1 is 1.33 bits per heavy atom. The number of benzene rings is 1. The molecule has 1 aliphatic rings. The van der Waals surface area contributed by atoms with Gasteiger partial charge in [-0.3, -0.25) is 4.98 Å². The smallest absolute Gasteiger partial charge is 0.0794 e. The SMILES string of the molecule is c1cc2c(c(CNCc3cncs3)c1)NCCC2. The average molecular weight is 259 g/mol. The number of anilines is 1. The molecule has 2 aromatic rings. The van der Waals surface area contributed by atoms with E-state index in [0.717, 1.165) is 19.6 Å². The molecule has 0 unspecified atom stereocenters. The van der Waals surface area contributed by atoms with Crippen LogP contribution in [0, 0.1) is 0 Å². The Morgan fingerprint density at radius 3 is 3.22 bits per heavy atom. The van der Waals surface area contributed by atoms with Gasteiger partial charge in [-0.1, -0.05) is 18.2 Å². The molecule has 3 nitrogen and oxygen atoms in total. The molecular formula is C14H17N3S.